The lowest BCUT2D eigenvalue weighted by atomic mass is 9.81. The molecule has 0 aromatic heterocycles. The molecule has 1 N–H and O–H groups in total. The highest BCUT2D eigenvalue weighted by atomic mass is 15.2. The number of nitrogens with one attached hydrogen (secondary N) is 1. The number of rotatable bonds is 3. The molecule has 110 valence electrons. The van der Waals surface area contributed by atoms with E-state index in [2.05, 4.69) is 60.5 Å². The van der Waals surface area contributed by atoms with Gasteiger partial charge >= 0.3 is 0 Å². The molecule has 1 aromatic rings. The van der Waals surface area contributed by atoms with Crippen LogP contribution in [0.25, 0.3) is 0 Å². The van der Waals surface area contributed by atoms with Crippen molar-refractivity contribution in [3.8, 4) is 0 Å². The molecule has 3 rings (SSSR count). The average Bonchev–Trinajstić information content (AvgIpc) is 2.46. The SMILES string of the molecule is CNC1CC2CCCC(C1)N2c1cccc(N(C)C)c1. The van der Waals surface area contributed by atoms with Gasteiger partial charge in [0.1, 0.15) is 0 Å². The minimum absolute atomic E-state index is 0.707. The average molecular weight is 273 g/mol. The number of fused-ring (bicyclic) bond motifs is 2. The first-order valence-electron chi connectivity index (χ1n) is 7.92. The molecule has 3 heteroatoms. The maximum absolute atomic E-state index is 3.50. The molecule has 2 saturated heterocycles. The Labute approximate surface area is 123 Å². The highest BCUT2D eigenvalue weighted by Gasteiger charge is 2.37. The fourth-order valence-electron chi connectivity index (χ4n) is 3.97. The molecule has 20 heavy (non-hydrogen) atoms. The minimum Gasteiger partial charge on any atom is -0.378 e. The van der Waals surface area contributed by atoms with E-state index in [0.717, 1.165) is 12.1 Å². The van der Waals surface area contributed by atoms with Crippen LogP contribution in [0.4, 0.5) is 11.4 Å². The van der Waals surface area contributed by atoms with Crippen molar-refractivity contribution in [2.24, 2.45) is 0 Å². The quantitative estimate of drug-likeness (QED) is 0.913. The van der Waals surface area contributed by atoms with Gasteiger partial charge < -0.3 is 15.1 Å². The fourth-order valence-corrected chi connectivity index (χ4v) is 3.97. The Balaban J connectivity index is 1.87. The lowest BCUT2D eigenvalue weighted by Crippen LogP contribution is -2.56. The Hall–Kier alpha value is -1.22. The predicted molar refractivity (Wildman–Crippen MR) is 86.8 cm³/mol. The molecule has 2 bridgehead atoms. The maximum Gasteiger partial charge on any atom is 0.0392 e. The Kier molecular flexibility index (Phi) is 3.88. The number of benzene rings is 1. The number of nitrogens with zero attached hydrogens (tertiary/aromatic N) is 2. The summed E-state index contributed by atoms with van der Waals surface area (Å²) in [6.07, 6.45) is 6.68. The van der Waals surface area contributed by atoms with E-state index in [1.54, 1.807) is 0 Å². The number of piperidine rings is 2. The van der Waals surface area contributed by atoms with E-state index in [4.69, 9.17) is 0 Å². The molecule has 0 radical (unpaired) electrons. The zero-order valence-corrected chi connectivity index (χ0v) is 13.0. The van der Waals surface area contributed by atoms with Gasteiger partial charge in [-0.15, -0.1) is 0 Å². The van der Waals surface area contributed by atoms with Crippen molar-refractivity contribution >= 4 is 11.4 Å². The van der Waals surface area contributed by atoms with E-state index in [9.17, 15) is 0 Å². The second-order valence-electron chi connectivity index (χ2n) is 6.52. The third-order valence-electron chi connectivity index (χ3n) is 5.03. The van der Waals surface area contributed by atoms with Crippen LogP contribution in [0.5, 0.6) is 0 Å². The maximum atomic E-state index is 3.50. The van der Waals surface area contributed by atoms with Crippen molar-refractivity contribution < 1.29 is 0 Å². The first-order valence-corrected chi connectivity index (χ1v) is 7.92. The summed E-state index contributed by atoms with van der Waals surface area (Å²) >= 11 is 0. The van der Waals surface area contributed by atoms with Crippen molar-refractivity contribution in [3.63, 3.8) is 0 Å². The number of hydrogen-bond donors (Lipinski definition) is 1. The summed E-state index contributed by atoms with van der Waals surface area (Å²) in [6.45, 7) is 0. The number of hydrogen-bond acceptors (Lipinski definition) is 3. The van der Waals surface area contributed by atoms with Crippen LogP contribution in [-0.4, -0.2) is 39.3 Å². The third-order valence-corrected chi connectivity index (χ3v) is 5.03. The largest absolute Gasteiger partial charge is 0.378 e. The highest BCUT2D eigenvalue weighted by Crippen LogP contribution is 2.38. The fraction of sp³-hybridized carbons (Fsp3) is 0.647. The molecule has 2 aliphatic rings. The lowest BCUT2D eigenvalue weighted by molar-refractivity contribution is 0.252. The van der Waals surface area contributed by atoms with Gasteiger partial charge in [-0.2, -0.15) is 0 Å². The predicted octanol–water partition coefficient (Wildman–Crippen LogP) is 2.86. The first-order chi connectivity index (χ1) is 9.69. The molecule has 2 unspecified atom stereocenters. The highest BCUT2D eigenvalue weighted by molar-refractivity contribution is 5.60. The van der Waals surface area contributed by atoms with Crippen molar-refractivity contribution in [2.45, 2.75) is 50.2 Å². The van der Waals surface area contributed by atoms with Gasteiger partial charge in [0.05, 0.1) is 0 Å². The zero-order chi connectivity index (χ0) is 14.1. The second kappa shape index (κ2) is 5.65. The molecule has 2 atom stereocenters. The van der Waals surface area contributed by atoms with E-state index >= 15 is 0 Å². The molecule has 0 spiro atoms. The first kappa shape index (κ1) is 13.7. The molecule has 2 heterocycles. The van der Waals surface area contributed by atoms with E-state index < -0.39 is 0 Å². The summed E-state index contributed by atoms with van der Waals surface area (Å²) in [5.41, 5.74) is 2.72. The van der Waals surface area contributed by atoms with Crippen LogP contribution < -0.4 is 15.1 Å². The van der Waals surface area contributed by atoms with Gasteiger partial charge in [-0.05, 0) is 57.4 Å². The van der Waals surface area contributed by atoms with E-state index in [0.29, 0.717) is 6.04 Å². The van der Waals surface area contributed by atoms with Crippen molar-refractivity contribution in [2.75, 3.05) is 30.9 Å². The summed E-state index contributed by atoms with van der Waals surface area (Å²) in [7, 11) is 6.35. The van der Waals surface area contributed by atoms with Crippen LogP contribution in [0.2, 0.25) is 0 Å². The lowest BCUT2D eigenvalue weighted by Gasteiger charge is -2.50. The van der Waals surface area contributed by atoms with Crippen LogP contribution in [-0.2, 0) is 0 Å². The van der Waals surface area contributed by atoms with E-state index in [1.807, 2.05) is 0 Å². The Bertz CT molecular complexity index is 443. The topological polar surface area (TPSA) is 18.5 Å². The van der Waals surface area contributed by atoms with Gasteiger partial charge in [-0.3, -0.25) is 0 Å². The second-order valence-corrected chi connectivity index (χ2v) is 6.52. The molecule has 0 aliphatic carbocycles. The van der Waals surface area contributed by atoms with Crippen LogP contribution >= 0.6 is 0 Å². The molecule has 0 amide bonds. The smallest absolute Gasteiger partial charge is 0.0392 e. The number of anilines is 2. The summed E-state index contributed by atoms with van der Waals surface area (Å²) in [5, 5.41) is 3.50. The molecular formula is C17H27N3. The Morgan fingerprint density at radius 2 is 1.85 bits per heavy atom. The van der Waals surface area contributed by atoms with Crippen molar-refractivity contribution in [1.82, 2.24) is 5.32 Å². The van der Waals surface area contributed by atoms with Crippen LogP contribution in [0.15, 0.2) is 24.3 Å². The van der Waals surface area contributed by atoms with Crippen LogP contribution in [0.1, 0.15) is 32.1 Å². The zero-order valence-electron chi connectivity index (χ0n) is 13.0. The normalized spacial score (nSPS) is 29.4. The van der Waals surface area contributed by atoms with Crippen molar-refractivity contribution in [3.05, 3.63) is 24.3 Å². The Morgan fingerprint density at radius 1 is 1.15 bits per heavy atom. The molecule has 3 nitrogen and oxygen atoms in total. The van der Waals surface area contributed by atoms with Crippen LogP contribution in [0, 0.1) is 0 Å². The summed E-state index contributed by atoms with van der Waals surface area (Å²) in [6, 6.07) is 11.2. The summed E-state index contributed by atoms with van der Waals surface area (Å²) < 4.78 is 0. The van der Waals surface area contributed by atoms with Gasteiger partial charge in [0.25, 0.3) is 0 Å². The molecule has 2 fully saturated rings. The molecule has 0 saturated carbocycles. The van der Waals surface area contributed by atoms with Gasteiger partial charge in [0.15, 0.2) is 0 Å². The summed E-state index contributed by atoms with van der Waals surface area (Å²) in [5.74, 6) is 0. The van der Waals surface area contributed by atoms with Crippen LogP contribution in [0.3, 0.4) is 0 Å². The standard InChI is InChI=1S/C17H27N3/c1-18-13-10-15-7-5-8-16(11-13)20(15)17-9-4-6-14(12-17)19(2)3/h4,6,9,12-13,15-16,18H,5,7-8,10-11H2,1-3H3. The van der Waals surface area contributed by atoms with Gasteiger partial charge in [-0.25, -0.2) is 0 Å². The summed E-state index contributed by atoms with van der Waals surface area (Å²) in [4.78, 5) is 4.91. The molecule has 1 aromatic carbocycles. The van der Waals surface area contributed by atoms with E-state index in [-0.39, 0.29) is 0 Å². The van der Waals surface area contributed by atoms with Gasteiger partial charge in [0, 0.05) is 43.6 Å². The Morgan fingerprint density at radius 3 is 2.45 bits per heavy atom. The van der Waals surface area contributed by atoms with Crippen molar-refractivity contribution in [1.29, 1.82) is 0 Å². The molecular weight excluding hydrogens is 246 g/mol. The monoisotopic (exact) mass is 273 g/mol. The third kappa shape index (κ3) is 2.51. The molecule has 2 aliphatic heterocycles. The van der Waals surface area contributed by atoms with Gasteiger partial charge in [0.2, 0.25) is 0 Å². The van der Waals surface area contributed by atoms with Gasteiger partial charge in [-0.1, -0.05) is 6.07 Å². The minimum atomic E-state index is 0.707. The van der Waals surface area contributed by atoms with E-state index in [1.165, 1.54) is 43.5 Å².